The molecular formula is C17H23F3N2O3. The van der Waals surface area contributed by atoms with Crippen molar-refractivity contribution in [3.63, 3.8) is 0 Å². The topological polar surface area (TPSA) is 51.7 Å². The summed E-state index contributed by atoms with van der Waals surface area (Å²) in [7, 11) is 0. The average Bonchev–Trinajstić information content (AvgIpc) is 2.51. The number of alkyl halides is 3. The Labute approximate surface area is 145 Å². The minimum absolute atomic E-state index is 0.0376. The molecule has 2 heterocycles. The molecule has 1 amide bonds. The van der Waals surface area contributed by atoms with Gasteiger partial charge in [-0.3, -0.25) is 0 Å². The van der Waals surface area contributed by atoms with Crippen LogP contribution in [0.2, 0.25) is 0 Å². The zero-order valence-electron chi connectivity index (χ0n) is 14.6. The molecule has 1 fully saturated rings. The van der Waals surface area contributed by atoms with Crippen molar-refractivity contribution >= 4 is 6.09 Å². The summed E-state index contributed by atoms with van der Waals surface area (Å²) < 4.78 is 48.7. The molecule has 1 aromatic rings. The van der Waals surface area contributed by atoms with Crippen molar-refractivity contribution in [2.45, 2.75) is 45.4 Å². The SMILES string of the molecule is CC(C)(C)OC(=O)N1CCC(COc2cc(C(F)(F)F)ccn2)CC1. The van der Waals surface area contributed by atoms with Gasteiger partial charge in [-0.25, -0.2) is 9.78 Å². The largest absolute Gasteiger partial charge is 0.477 e. The minimum Gasteiger partial charge on any atom is -0.477 e. The third kappa shape index (κ3) is 6.10. The van der Waals surface area contributed by atoms with Crippen molar-refractivity contribution in [3.05, 3.63) is 23.9 Å². The molecule has 2 rings (SSSR count). The fourth-order valence-corrected chi connectivity index (χ4v) is 2.48. The Bertz CT molecular complexity index is 592. The predicted octanol–water partition coefficient (Wildman–Crippen LogP) is 4.13. The molecule has 140 valence electrons. The zero-order chi connectivity index (χ0) is 18.7. The van der Waals surface area contributed by atoms with Crippen molar-refractivity contribution in [2.24, 2.45) is 5.92 Å². The highest BCUT2D eigenvalue weighted by Crippen LogP contribution is 2.30. The molecule has 0 N–H and O–H groups in total. The Balaban J connectivity index is 1.80. The fraction of sp³-hybridized carbons (Fsp3) is 0.647. The molecule has 1 aromatic heterocycles. The summed E-state index contributed by atoms with van der Waals surface area (Å²) in [5, 5.41) is 0. The van der Waals surface area contributed by atoms with Gasteiger partial charge in [-0.1, -0.05) is 0 Å². The van der Waals surface area contributed by atoms with Crippen LogP contribution in [0.5, 0.6) is 5.88 Å². The van der Waals surface area contributed by atoms with E-state index in [0.29, 0.717) is 25.9 Å². The molecule has 0 aromatic carbocycles. The van der Waals surface area contributed by atoms with Crippen LogP contribution in [0.15, 0.2) is 18.3 Å². The lowest BCUT2D eigenvalue weighted by Crippen LogP contribution is -2.42. The van der Waals surface area contributed by atoms with E-state index >= 15 is 0 Å². The van der Waals surface area contributed by atoms with Crippen LogP contribution in [-0.4, -0.2) is 41.3 Å². The Morgan fingerprint density at radius 3 is 2.48 bits per heavy atom. The Morgan fingerprint density at radius 1 is 1.28 bits per heavy atom. The number of hydrogen-bond donors (Lipinski definition) is 0. The molecule has 0 atom stereocenters. The monoisotopic (exact) mass is 360 g/mol. The van der Waals surface area contributed by atoms with Crippen molar-refractivity contribution in [1.29, 1.82) is 0 Å². The maximum atomic E-state index is 12.7. The molecule has 25 heavy (non-hydrogen) atoms. The van der Waals surface area contributed by atoms with Crippen LogP contribution in [0.3, 0.4) is 0 Å². The second-order valence-electron chi connectivity index (χ2n) is 7.10. The normalized spacial score (nSPS) is 16.6. The number of halogens is 3. The Morgan fingerprint density at radius 2 is 1.92 bits per heavy atom. The second kappa shape index (κ2) is 7.49. The van der Waals surface area contributed by atoms with Crippen LogP contribution >= 0.6 is 0 Å². The minimum atomic E-state index is -4.42. The van der Waals surface area contributed by atoms with Crippen molar-refractivity contribution in [1.82, 2.24) is 9.88 Å². The first-order valence-corrected chi connectivity index (χ1v) is 8.18. The van der Waals surface area contributed by atoms with Gasteiger partial charge in [0.15, 0.2) is 0 Å². The van der Waals surface area contributed by atoms with E-state index in [2.05, 4.69) is 4.98 Å². The molecule has 1 saturated heterocycles. The summed E-state index contributed by atoms with van der Waals surface area (Å²) in [6.45, 7) is 6.79. The fourth-order valence-electron chi connectivity index (χ4n) is 2.48. The van der Waals surface area contributed by atoms with Gasteiger partial charge in [-0.15, -0.1) is 0 Å². The lowest BCUT2D eigenvalue weighted by Gasteiger charge is -2.33. The summed E-state index contributed by atoms with van der Waals surface area (Å²) in [5.41, 5.74) is -1.32. The third-order valence-corrected chi connectivity index (χ3v) is 3.80. The number of piperidine rings is 1. The van der Waals surface area contributed by atoms with Gasteiger partial charge in [-0.05, 0) is 45.6 Å². The van der Waals surface area contributed by atoms with Crippen LogP contribution in [0, 0.1) is 5.92 Å². The molecule has 0 aliphatic carbocycles. The number of aromatic nitrogens is 1. The first-order valence-electron chi connectivity index (χ1n) is 8.18. The van der Waals surface area contributed by atoms with Gasteiger partial charge in [0, 0.05) is 25.4 Å². The van der Waals surface area contributed by atoms with Gasteiger partial charge in [-0.2, -0.15) is 13.2 Å². The summed E-state index contributed by atoms with van der Waals surface area (Å²) >= 11 is 0. The quantitative estimate of drug-likeness (QED) is 0.813. The lowest BCUT2D eigenvalue weighted by atomic mass is 9.98. The smallest absolute Gasteiger partial charge is 0.416 e. The average molecular weight is 360 g/mol. The number of amides is 1. The summed E-state index contributed by atoms with van der Waals surface area (Å²) in [4.78, 5) is 17.4. The molecule has 1 aliphatic heterocycles. The summed E-state index contributed by atoms with van der Waals surface area (Å²) in [6.07, 6.45) is -2.26. The van der Waals surface area contributed by atoms with E-state index in [1.54, 1.807) is 4.90 Å². The highest BCUT2D eigenvalue weighted by Gasteiger charge is 2.31. The van der Waals surface area contributed by atoms with Crippen molar-refractivity contribution < 1.29 is 27.4 Å². The number of nitrogens with zero attached hydrogens (tertiary/aromatic N) is 2. The van der Waals surface area contributed by atoms with E-state index in [1.807, 2.05) is 20.8 Å². The van der Waals surface area contributed by atoms with Crippen LogP contribution in [-0.2, 0) is 10.9 Å². The highest BCUT2D eigenvalue weighted by atomic mass is 19.4. The predicted molar refractivity (Wildman–Crippen MR) is 85.3 cm³/mol. The molecule has 1 aliphatic rings. The van der Waals surface area contributed by atoms with Gasteiger partial charge in [0.25, 0.3) is 0 Å². The number of rotatable bonds is 3. The number of pyridine rings is 1. The molecular weight excluding hydrogens is 337 g/mol. The Kier molecular flexibility index (Phi) is 5.80. The van der Waals surface area contributed by atoms with E-state index < -0.39 is 17.3 Å². The number of hydrogen-bond acceptors (Lipinski definition) is 4. The number of ether oxygens (including phenoxy) is 2. The van der Waals surface area contributed by atoms with Crippen LogP contribution in [0.4, 0.5) is 18.0 Å². The van der Waals surface area contributed by atoms with Gasteiger partial charge in [0.1, 0.15) is 5.60 Å². The molecule has 0 bridgehead atoms. The maximum Gasteiger partial charge on any atom is 0.416 e. The van der Waals surface area contributed by atoms with Crippen LogP contribution in [0.1, 0.15) is 39.2 Å². The van der Waals surface area contributed by atoms with E-state index in [0.717, 1.165) is 18.3 Å². The Hall–Kier alpha value is -1.99. The third-order valence-electron chi connectivity index (χ3n) is 3.80. The number of likely N-dealkylation sites (tertiary alicyclic amines) is 1. The summed E-state index contributed by atoms with van der Waals surface area (Å²) in [5.74, 6) is 0.124. The molecule has 0 unspecified atom stereocenters. The molecule has 0 saturated carbocycles. The van der Waals surface area contributed by atoms with Gasteiger partial charge in [0.2, 0.25) is 5.88 Å². The molecule has 0 spiro atoms. The van der Waals surface area contributed by atoms with E-state index in [1.165, 1.54) is 0 Å². The van der Waals surface area contributed by atoms with Gasteiger partial charge >= 0.3 is 12.3 Å². The van der Waals surface area contributed by atoms with Gasteiger partial charge in [0.05, 0.1) is 12.2 Å². The number of carbonyl (C=O) groups excluding carboxylic acids is 1. The zero-order valence-corrected chi connectivity index (χ0v) is 14.6. The first-order chi connectivity index (χ1) is 11.5. The van der Waals surface area contributed by atoms with E-state index in [9.17, 15) is 18.0 Å². The van der Waals surface area contributed by atoms with Crippen LogP contribution < -0.4 is 4.74 Å². The highest BCUT2D eigenvalue weighted by molar-refractivity contribution is 5.68. The standard InChI is InChI=1S/C17H23F3N2O3/c1-16(2,3)25-15(23)22-8-5-12(6-9-22)11-24-14-10-13(4-7-21-14)17(18,19)20/h4,7,10,12H,5-6,8-9,11H2,1-3H3. The van der Waals surface area contributed by atoms with E-state index in [4.69, 9.17) is 9.47 Å². The van der Waals surface area contributed by atoms with Crippen molar-refractivity contribution in [2.75, 3.05) is 19.7 Å². The number of carbonyl (C=O) groups is 1. The maximum absolute atomic E-state index is 12.7. The second-order valence-corrected chi connectivity index (χ2v) is 7.10. The first kappa shape index (κ1) is 19.3. The summed E-state index contributed by atoms with van der Waals surface area (Å²) in [6, 6.07) is 1.81. The van der Waals surface area contributed by atoms with E-state index in [-0.39, 0.29) is 24.5 Å². The lowest BCUT2D eigenvalue weighted by molar-refractivity contribution is -0.137. The molecule has 5 nitrogen and oxygen atoms in total. The van der Waals surface area contributed by atoms with Crippen LogP contribution in [0.25, 0.3) is 0 Å². The molecule has 8 heteroatoms. The van der Waals surface area contributed by atoms with Gasteiger partial charge < -0.3 is 14.4 Å². The molecule has 0 radical (unpaired) electrons. The van der Waals surface area contributed by atoms with Crippen molar-refractivity contribution in [3.8, 4) is 5.88 Å².